The van der Waals surface area contributed by atoms with Crippen LogP contribution in [0.4, 0.5) is 10.5 Å². The van der Waals surface area contributed by atoms with Gasteiger partial charge in [0.05, 0.1) is 25.0 Å². The minimum absolute atomic E-state index is 0.174. The molecule has 1 atom stereocenters. The van der Waals surface area contributed by atoms with Crippen LogP contribution < -0.4 is 5.73 Å². The van der Waals surface area contributed by atoms with Crippen LogP contribution in [0.15, 0.2) is 12.3 Å². The maximum Gasteiger partial charge on any atom is 0.410 e. The zero-order valence-electron chi connectivity index (χ0n) is 14.0. The van der Waals surface area contributed by atoms with E-state index in [1.54, 1.807) is 11.0 Å². The Morgan fingerprint density at radius 3 is 2.70 bits per heavy atom. The first-order chi connectivity index (χ1) is 10.7. The molecule has 1 aliphatic heterocycles. The van der Waals surface area contributed by atoms with Crippen LogP contribution in [0.1, 0.15) is 55.7 Å². The summed E-state index contributed by atoms with van der Waals surface area (Å²) in [4.78, 5) is 29.7. The number of ether oxygens (including phenoxy) is 2. The molecule has 0 saturated carbocycles. The largest absolute Gasteiger partial charge is 0.464 e. The second-order valence-corrected chi connectivity index (χ2v) is 6.52. The normalized spacial score (nSPS) is 17.9. The van der Waals surface area contributed by atoms with E-state index in [0.29, 0.717) is 17.8 Å². The lowest BCUT2D eigenvalue weighted by molar-refractivity contribution is 0.0225. The molecule has 7 nitrogen and oxygen atoms in total. The van der Waals surface area contributed by atoms with Gasteiger partial charge in [-0.1, -0.05) is 0 Å². The van der Waals surface area contributed by atoms with Crippen molar-refractivity contribution < 1.29 is 19.1 Å². The van der Waals surface area contributed by atoms with Crippen molar-refractivity contribution in [3.05, 3.63) is 23.5 Å². The third-order valence-corrected chi connectivity index (χ3v) is 3.60. The Kier molecular flexibility index (Phi) is 4.77. The molecule has 1 aromatic heterocycles. The highest BCUT2D eigenvalue weighted by molar-refractivity contribution is 5.87. The SMILES string of the molecule is COC(=O)c1cc(C2CCCN2C(=O)OC(C)(C)C)c(N)cn1. The fourth-order valence-corrected chi connectivity index (χ4v) is 2.62. The lowest BCUT2D eigenvalue weighted by Gasteiger charge is -2.29. The third kappa shape index (κ3) is 3.91. The Bertz CT molecular complexity index is 610. The molecule has 1 unspecified atom stereocenters. The second-order valence-electron chi connectivity index (χ2n) is 6.52. The van der Waals surface area contributed by atoms with Gasteiger partial charge < -0.3 is 20.1 Å². The van der Waals surface area contributed by atoms with E-state index in [4.69, 9.17) is 10.5 Å². The number of anilines is 1. The van der Waals surface area contributed by atoms with Crippen molar-refractivity contribution in [1.29, 1.82) is 0 Å². The molecule has 2 heterocycles. The quantitative estimate of drug-likeness (QED) is 0.841. The van der Waals surface area contributed by atoms with E-state index < -0.39 is 11.6 Å². The van der Waals surface area contributed by atoms with Gasteiger partial charge in [-0.05, 0) is 39.7 Å². The van der Waals surface area contributed by atoms with Crippen LogP contribution in [-0.2, 0) is 9.47 Å². The van der Waals surface area contributed by atoms with E-state index in [9.17, 15) is 9.59 Å². The molecular weight excluding hydrogens is 298 g/mol. The van der Waals surface area contributed by atoms with E-state index in [1.165, 1.54) is 13.3 Å². The number of nitrogens with zero attached hydrogens (tertiary/aromatic N) is 2. The van der Waals surface area contributed by atoms with Crippen molar-refractivity contribution in [1.82, 2.24) is 9.88 Å². The number of methoxy groups -OCH3 is 1. The lowest BCUT2D eigenvalue weighted by atomic mass is 10.0. The number of carbonyl (C=O) groups is 2. The molecule has 1 amide bonds. The van der Waals surface area contributed by atoms with E-state index >= 15 is 0 Å². The zero-order chi connectivity index (χ0) is 17.2. The van der Waals surface area contributed by atoms with Crippen LogP contribution in [0.5, 0.6) is 0 Å². The van der Waals surface area contributed by atoms with Crippen molar-refractivity contribution in [3.8, 4) is 0 Å². The van der Waals surface area contributed by atoms with E-state index in [0.717, 1.165) is 12.8 Å². The topological polar surface area (TPSA) is 94.8 Å². The number of carbonyl (C=O) groups excluding carboxylic acids is 2. The van der Waals surface area contributed by atoms with Gasteiger partial charge in [-0.15, -0.1) is 0 Å². The molecule has 2 N–H and O–H groups in total. The molecule has 1 aromatic rings. The first-order valence-corrected chi connectivity index (χ1v) is 7.56. The molecular formula is C16H23N3O4. The van der Waals surface area contributed by atoms with Crippen LogP contribution >= 0.6 is 0 Å². The number of hydrogen-bond donors (Lipinski definition) is 1. The Morgan fingerprint density at radius 1 is 1.39 bits per heavy atom. The second kappa shape index (κ2) is 6.44. The molecule has 1 saturated heterocycles. The average molecular weight is 321 g/mol. The third-order valence-electron chi connectivity index (χ3n) is 3.60. The Hall–Kier alpha value is -2.31. The summed E-state index contributed by atoms with van der Waals surface area (Å²) in [6.07, 6.45) is 2.65. The van der Waals surface area contributed by atoms with Crippen LogP contribution in [-0.4, -0.2) is 41.2 Å². The number of nitrogens with two attached hydrogens (primary N) is 1. The monoisotopic (exact) mass is 321 g/mol. The van der Waals surface area contributed by atoms with Crippen LogP contribution in [0.25, 0.3) is 0 Å². The fraction of sp³-hybridized carbons (Fsp3) is 0.562. The summed E-state index contributed by atoms with van der Waals surface area (Å²) in [6.45, 7) is 6.07. The maximum absolute atomic E-state index is 12.4. The fourth-order valence-electron chi connectivity index (χ4n) is 2.62. The molecule has 1 fully saturated rings. The first-order valence-electron chi connectivity index (χ1n) is 7.56. The van der Waals surface area contributed by atoms with Crippen molar-refractivity contribution >= 4 is 17.7 Å². The number of amides is 1. The Morgan fingerprint density at radius 2 is 2.09 bits per heavy atom. The standard InChI is InChI=1S/C16H23N3O4/c1-16(2,3)23-15(21)19-7-5-6-13(19)10-8-12(14(20)22-4)18-9-11(10)17/h8-9,13H,5-7,17H2,1-4H3. The van der Waals surface area contributed by atoms with Gasteiger partial charge in [-0.25, -0.2) is 14.6 Å². The van der Waals surface area contributed by atoms with Gasteiger partial charge in [0.15, 0.2) is 0 Å². The summed E-state index contributed by atoms with van der Waals surface area (Å²) >= 11 is 0. The van der Waals surface area contributed by atoms with Gasteiger partial charge >= 0.3 is 12.1 Å². The smallest absolute Gasteiger partial charge is 0.410 e. The van der Waals surface area contributed by atoms with Crippen LogP contribution in [0.3, 0.4) is 0 Å². The van der Waals surface area contributed by atoms with Crippen molar-refractivity contribution in [2.45, 2.75) is 45.3 Å². The molecule has 126 valence electrons. The first kappa shape index (κ1) is 17.1. The predicted molar refractivity (Wildman–Crippen MR) is 84.9 cm³/mol. The van der Waals surface area contributed by atoms with Gasteiger partial charge in [0, 0.05) is 12.1 Å². The lowest BCUT2D eigenvalue weighted by Crippen LogP contribution is -2.36. The summed E-state index contributed by atoms with van der Waals surface area (Å²) < 4.78 is 10.1. The van der Waals surface area contributed by atoms with Gasteiger partial charge in [-0.3, -0.25) is 0 Å². The maximum atomic E-state index is 12.4. The minimum Gasteiger partial charge on any atom is -0.464 e. The molecule has 1 aliphatic rings. The number of aromatic nitrogens is 1. The summed E-state index contributed by atoms with van der Waals surface area (Å²) in [5.74, 6) is -0.534. The summed E-state index contributed by atoms with van der Waals surface area (Å²) in [6, 6.07) is 1.37. The minimum atomic E-state index is -0.564. The van der Waals surface area contributed by atoms with Gasteiger partial charge in [0.2, 0.25) is 0 Å². The molecule has 0 aromatic carbocycles. The highest BCUT2D eigenvalue weighted by Gasteiger charge is 2.34. The van der Waals surface area contributed by atoms with Crippen molar-refractivity contribution in [3.63, 3.8) is 0 Å². The molecule has 0 spiro atoms. The van der Waals surface area contributed by atoms with Gasteiger partial charge in [0.25, 0.3) is 0 Å². The highest BCUT2D eigenvalue weighted by atomic mass is 16.6. The Balaban J connectivity index is 2.29. The number of hydrogen-bond acceptors (Lipinski definition) is 6. The van der Waals surface area contributed by atoms with Gasteiger partial charge in [-0.2, -0.15) is 0 Å². The highest BCUT2D eigenvalue weighted by Crippen LogP contribution is 2.36. The summed E-state index contributed by atoms with van der Waals surface area (Å²) in [5, 5.41) is 0. The predicted octanol–water partition coefficient (Wildman–Crippen LogP) is 2.52. The number of nitrogen functional groups attached to an aromatic ring is 1. The molecule has 0 radical (unpaired) electrons. The molecule has 2 rings (SSSR count). The average Bonchev–Trinajstić information content (AvgIpc) is 2.94. The molecule has 7 heteroatoms. The van der Waals surface area contributed by atoms with Crippen LogP contribution in [0, 0.1) is 0 Å². The number of pyridine rings is 1. The number of esters is 1. The van der Waals surface area contributed by atoms with Crippen molar-refractivity contribution in [2.24, 2.45) is 0 Å². The van der Waals surface area contributed by atoms with E-state index in [-0.39, 0.29) is 17.8 Å². The molecule has 0 aliphatic carbocycles. The van der Waals surface area contributed by atoms with E-state index in [2.05, 4.69) is 9.72 Å². The molecule has 0 bridgehead atoms. The number of rotatable bonds is 2. The molecule has 23 heavy (non-hydrogen) atoms. The van der Waals surface area contributed by atoms with E-state index in [1.807, 2.05) is 20.8 Å². The summed E-state index contributed by atoms with van der Waals surface area (Å²) in [5.41, 5.74) is 6.76. The van der Waals surface area contributed by atoms with Crippen LogP contribution in [0.2, 0.25) is 0 Å². The number of likely N-dealkylation sites (tertiary alicyclic amines) is 1. The van der Waals surface area contributed by atoms with Gasteiger partial charge in [0.1, 0.15) is 11.3 Å². The van der Waals surface area contributed by atoms with Crippen molar-refractivity contribution in [2.75, 3.05) is 19.4 Å². The summed E-state index contributed by atoms with van der Waals surface area (Å²) in [7, 11) is 1.29. The Labute approximate surface area is 135 Å². The zero-order valence-corrected chi connectivity index (χ0v) is 14.0.